The van der Waals surface area contributed by atoms with Gasteiger partial charge in [-0.15, -0.1) is 24.0 Å². The maximum absolute atomic E-state index is 5.88. The molecule has 0 spiro atoms. The van der Waals surface area contributed by atoms with E-state index in [-0.39, 0.29) is 29.5 Å². The Balaban J connectivity index is 0.00000242. The second-order valence-corrected chi connectivity index (χ2v) is 6.10. The van der Waals surface area contributed by atoms with Crippen LogP contribution in [0.15, 0.2) is 47.7 Å². The first kappa shape index (κ1) is 18.5. The Bertz CT molecular complexity index is 599. The third-order valence-corrected chi connectivity index (χ3v) is 2.83. The van der Waals surface area contributed by atoms with Gasteiger partial charge in [0.1, 0.15) is 0 Å². The second-order valence-electron chi connectivity index (χ2n) is 6.10. The van der Waals surface area contributed by atoms with Gasteiger partial charge in [-0.25, -0.2) is 4.99 Å². The van der Waals surface area contributed by atoms with Crippen LogP contribution in [0.4, 0.5) is 0 Å². The van der Waals surface area contributed by atoms with Gasteiger partial charge < -0.3 is 11.1 Å². The van der Waals surface area contributed by atoms with E-state index in [9.17, 15) is 0 Å². The number of rotatable bonds is 4. The number of benzene rings is 1. The van der Waals surface area contributed by atoms with Gasteiger partial charge in [0.15, 0.2) is 5.96 Å². The van der Waals surface area contributed by atoms with E-state index in [1.807, 2.05) is 23.0 Å². The molecule has 1 heterocycles. The Morgan fingerprint density at radius 3 is 2.64 bits per heavy atom. The first-order valence-electron chi connectivity index (χ1n) is 7.06. The third-order valence-electron chi connectivity index (χ3n) is 2.83. The monoisotopic (exact) mass is 413 g/mol. The van der Waals surface area contributed by atoms with Crippen LogP contribution in [0.5, 0.6) is 0 Å². The molecule has 5 nitrogen and oxygen atoms in total. The maximum atomic E-state index is 5.88. The molecule has 2 aromatic rings. The predicted molar refractivity (Wildman–Crippen MR) is 101 cm³/mol. The summed E-state index contributed by atoms with van der Waals surface area (Å²) in [6, 6.07) is 10.2. The summed E-state index contributed by atoms with van der Waals surface area (Å²) >= 11 is 0. The molecule has 1 aromatic carbocycles. The molecule has 0 atom stereocenters. The lowest BCUT2D eigenvalue weighted by Crippen LogP contribution is -2.44. The molecule has 0 bridgehead atoms. The van der Waals surface area contributed by atoms with Crippen molar-refractivity contribution in [1.29, 1.82) is 0 Å². The minimum atomic E-state index is -0.0739. The van der Waals surface area contributed by atoms with Crippen molar-refractivity contribution in [1.82, 2.24) is 15.1 Å². The van der Waals surface area contributed by atoms with Gasteiger partial charge in [-0.05, 0) is 38.0 Å². The highest BCUT2D eigenvalue weighted by molar-refractivity contribution is 14.0. The fourth-order valence-corrected chi connectivity index (χ4v) is 2.01. The van der Waals surface area contributed by atoms with Crippen LogP contribution in [0, 0.1) is 0 Å². The Kier molecular flexibility index (Phi) is 6.86. The van der Waals surface area contributed by atoms with E-state index in [4.69, 9.17) is 5.73 Å². The normalized spacial score (nSPS) is 11.9. The van der Waals surface area contributed by atoms with Gasteiger partial charge in [-0.1, -0.05) is 24.3 Å². The summed E-state index contributed by atoms with van der Waals surface area (Å²) in [5, 5.41) is 7.37. The van der Waals surface area contributed by atoms with E-state index < -0.39 is 0 Å². The van der Waals surface area contributed by atoms with Crippen LogP contribution in [0.3, 0.4) is 0 Å². The van der Waals surface area contributed by atoms with E-state index in [2.05, 4.69) is 54.4 Å². The summed E-state index contributed by atoms with van der Waals surface area (Å²) in [5.41, 5.74) is 8.15. The van der Waals surface area contributed by atoms with Crippen LogP contribution in [-0.2, 0) is 13.1 Å². The van der Waals surface area contributed by atoms with E-state index in [0.717, 1.165) is 12.1 Å². The van der Waals surface area contributed by atoms with Gasteiger partial charge in [0.25, 0.3) is 0 Å². The van der Waals surface area contributed by atoms with E-state index in [1.54, 1.807) is 6.20 Å². The van der Waals surface area contributed by atoms with Crippen molar-refractivity contribution >= 4 is 29.9 Å². The average Bonchev–Trinajstić information content (AvgIpc) is 2.88. The molecule has 0 fully saturated rings. The van der Waals surface area contributed by atoms with Crippen molar-refractivity contribution in [2.45, 2.75) is 39.4 Å². The van der Waals surface area contributed by atoms with E-state index in [1.165, 1.54) is 5.56 Å². The zero-order valence-electron chi connectivity index (χ0n) is 13.3. The number of nitrogens with zero attached hydrogens (tertiary/aromatic N) is 3. The molecule has 0 saturated heterocycles. The molecule has 0 aliphatic heterocycles. The summed E-state index contributed by atoms with van der Waals surface area (Å²) in [5.74, 6) is 0.472. The van der Waals surface area contributed by atoms with Gasteiger partial charge in [0.2, 0.25) is 0 Å². The molecular formula is C16H24IN5. The summed E-state index contributed by atoms with van der Waals surface area (Å²) in [4.78, 5) is 4.38. The van der Waals surface area contributed by atoms with Crippen molar-refractivity contribution < 1.29 is 0 Å². The lowest BCUT2D eigenvalue weighted by Gasteiger charge is -2.21. The Hall–Kier alpha value is -1.57. The van der Waals surface area contributed by atoms with Crippen LogP contribution < -0.4 is 11.1 Å². The maximum Gasteiger partial charge on any atom is 0.189 e. The first-order chi connectivity index (χ1) is 9.92. The van der Waals surface area contributed by atoms with Gasteiger partial charge >= 0.3 is 0 Å². The molecular weight excluding hydrogens is 389 g/mol. The zero-order valence-corrected chi connectivity index (χ0v) is 15.6. The van der Waals surface area contributed by atoms with Crippen LogP contribution in [0.1, 0.15) is 31.9 Å². The molecule has 1 aromatic heterocycles. The van der Waals surface area contributed by atoms with Crippen molar-refractivity contribution in [3.8, 4) is 0 Å². The minimum absolute atomic E-state index is 0. The van der Waals surface area contributed by atoms with Crippen LogP contribution in [0.25, 0.3) is 0 Å². The summed E-state index contributed by atoms with van der Waals surface area (Å²) < 4.78 is 1.90. The molecule has 6 heteroatoms. The fraction of sp³-hybridized carbons (Fsp3) is 0.375. The highest BCUT2D eigenvalue weighted by atomic mass is 127. The number of halogens is 1. The third kappa shape index (κ3) is 6.46. The molecule has 0 unspecified atom stereocenters. The molecule has 0 aliphatic rings. The molecule has 0 saturated carbocycles. The molecule has 2 rings (SSSR count). The number of aliphatic imine (C=N–C) groups is 1. The van der Waals surface area contributed by atoms with Crippen molar-refractivity contribution in [2.75, 3.05) is 0 Å². The summed E-state index contributed by atoms with van der Waals surface area (Å²) in [6.45, 7) is 7.50. The largest absolute Gasteiger partial charge is 0.370 e. The fourth-order valence-electron chi connectivity index (χ4n) is 2.01. The highest BCUT2D eigenvalue weighted by Crippen LogP contribution is 2.08. The Morgan fingerprint density at radius 2 is 2.00 bits per heavy atom. The average molecular weight is 413 g/mol. The topological polar surface area (TPSA) is 68.2 Å². The van der Waals surface area contributed by atoms with Crippen molar-refractivity contribution in [2.24, 2.45) is 10.7 Å². The SMILES string of the molecule is CC(C)(C)NC(N)=NCc1cccc(Cn2cccn2)c1.I. The zero-order chi connectivity index (χ0) is 15.3. The molecule has 3 N–H and O–H groups in total. The number of aromatic nitrogens is 2. The van der Waals surface area contributed by atoms with E-state index >= 15 is 0 Å². The van der Waals surface area contributed by atoms with Gasteiger partial charge in [0.05, 0.1) is 13.1 Å². The minimum Gasteiger partial charge on any atom is -0.370 e. The number of nitrogens with two attached hydrogens (primary N) is 1. The number of hydrogen-bond donors (Lipinski definition) is 2. The van der Waals surface area contributed by atoms with E-state index in [0.29, 0.717) is 12.5 Å². The smallest absolute Gasteiger partial charge is 0.189 e. The van der Waals surface area contributed by atoms with Crippen LogP contribution in [-0.4, -0.2) is 21.3 Å². The standard InChI is InChI=1S/C16H23N5.HI/c1-16(2,3)20-15(17)18-11-13-6-4-7-14(10-13)12-21-9-5-8-19-21;/h4-10H,11-12H2,1-3H3,(H3,17,18,20);1H. The molecule has 120 valence electrons. The quantitative estimate of drug-likeness (QED) is 0.460. The van der Waals surface area contributed by atoms with Gasteiger partial charge in [-0.3, -0.25) is 4.68 Å². The Labute approximate surface area is 149 Å². The van der Waals surface area contributed by atoms with Crippen LogP contribution >= 0.6 is 24.0 Å². The van der Waals surface area contributed by atoms with Crippen LogP contribution in [0.2, 0.25) is 0 Å². The van der Waals surface area contributed by atoms with Gasteiger partial charge in [0, 0.05) is 17.9 Å². The lowest BCUT2D eigenvalue weighted by atomic mass is 10.1. The number of hydrogen-bond acceptors (Lipinski definition) is 2. The second kappa shape index (κ2) is 8.17. The summed E-state index contributed by atoms with van der Waals surface area (Å²) in [7, 11) is 0. The lowest BCUT2D eigenvalue weighted by molar-refractivity contribution is 0.508. The Morgan fingerprint density at radius 1 is 1.27 bits per heavy atom. The summed E-state index contributed by atoms with van der Waals surface area (Å²) in [6.07, 6.45) is 3.74. The van der Waals surface area contributed by atoms with Crippen molar-refractivity contribution in [3.05, 3.63) is 53.9 Å². The highest BCUT2D eigenvalue weighted by Gasteiger charge is 2.09. The number of guanidine groups is 1. The van der Waals surface area contributed by atoms with Crippen molar-refractivity contribution in [3.63, 3.8) is 0 Å². The van der Waals surface area contributed by atoms with Gasteiger partial charge in [-0.2, -0.15) is 5.10 Å². The molecule has 0 amide bonds. The predicted octanol–water partition coefficient (Wildman–Crippen LogP) is 2.75. The molecule has 0 radical (unpaired) electrons. The molecule has 22 heavy (non-hydrogen) atoms. The molecule has 0 aliphatic carbocycles. The first-order valence-corrected chi connectivity index (χ1v) is 7.06. The number of nitrogens with one attached hydrogen (secondary N) is 1.